The Bertz CT molecular complexity index is 718. The van der Waals surface area contributed by atoms with E-state index in [0.717, 1.165) is 10.7 Å². The minimum atomic E-state index is -0.293. The Morgan fingerprint density at radius 1 is 1.40 bits per heavy atom. The first-order valence-corrected chi connectivity index (χ1v) is 7.15. The Morgan fingerprint density at radius 2 is 2.15 bits per heavy atom. The minimum Gasteiger partial charge on any atom is -0.437 e. The molecule has 0 amide bonds. The molecule has 1 aromatic carbocycles. The number of hydrogen-bond donors (Lipinski definition) is 1. The van der Waals surface area contributed by atoms with Gasteiger partial charge in [0.25, 0.3) is 0 Å². The van der Waals surface area contributed by atoms with Crippen molar-refractivity contribution in [1.82, 2.24) is 9.38 Å². The predicted octanol–water partition coefficient (Wildman–Crippen LogP) is 3.22. The van der Waals surface area contributed by atoms with Gasteiger partial charge in [0.15, 0.2) is 4.96 Å². The number of aromatic nitrogens is 2. The summed E-state index contributed by atoms with van der Waals surface area (Å²) in [6.45, 7) is 1.94. The molecule has 0 spiro atoms. The van der Waals surface area contributed by atoms with Crippen LogP contribution in [0.2, 0.25) is 0 Å². The van der Waals surface area contributed by atoms with Crippen LogP contribution in [0, 0.1) is 5.82 Å². The molecule has 0 aliphatic carbocycles. The molecule has 2 N–H and O–H groups in total. The molecule has 0 fully saturated rings. The first kappa shape index (κ1) is 13.1. The Kier molecular flexibility index (Phi) is 3.42. The fourth-order valence-corrected chi connectivity index (χ4v) is 2.72. The number of rotatable bonds is 4. The van der Waals surface area contributed by atoms with E-state index in [-0.39, 0.29) is 11.9 Å². The highest BCUT2D eigenvalue weighted by Gasteiger charge is 2.16. The van der Waals surface area contributed by atoms with E-state index in [4.69, 9.17) is 10.5 Å². The summed E-state index contributed by atoms with van der Waals surface area (Å²) in [5.74, 6) is 0.794. The van der Waals surface area contributed by atoms with Crippen LogP contribution in [0.1, 0.15) is 12.6 Å². The minimum absolute atomic E-state index is 0.00497. The van der Waals surface area contributed by atoms with Crippen LogP contribution in [0.15, 0.2) is 35.8 Å². The van der Waals surface area contributed by atoms with Gasteiger partial charge in [-0.2, -0.15) is 4.98 Å². The van der Waals surface area contributed by atoms with Crippen LogP contribution in [-0.2, 0) is 6.42 Å². The van der Waals surface area contributed by atoms with Gasteiger partial charge in [0, 0.05) is 24.0 Å². The van der Waals surface area contributed by atoms with Gasteiger partial charge in [-0.05, 0) is 31.2 Å². The van der Waals surface area contributed by atoms with Crippen molar-refractivity contribution in [3.05, 3.63) is 47.4 Å². The van der Waals surface area contributed by atoms with Crippen LogP contribution in [0.5, 0.6) is 11.6 Å². The lowest BCUT2D eigenvalue weighted by molar-refractivity contribution is 0.455. The van der Waals surface area contributed by atoms with Crippen molar-refractivity contribution in [2.75, 3.05) is 0 Å². The van der Waals surface area contributed by atoms with E-state index in [1.165, 1.54) is 23.5 Å². The lowest BCUT2D eigenvalue weighted by Crippen LogP contribution is -2.19. The van der Waals surface area contributed by atoms with E-state index in [1.807, 2.05) is 22.9 Å². The zero-order valence-corrected chi connectivity index (χ0v) is 11.7. The number of hydrogen-bond acceptors (Lipinski definition) is 4. The van der Waals surface area contributed by atoms with E-state index in [9.17, 15) is 4.39 Å². The Hall–Kier alpha value is -1.92. The summed E-state index contributed by atoms with van der Waals surface area (Å²) in [4.78, 5) is 5.31. The van der Waals surface area contributed by atoms with Crippen molar-refractivity contribution in [2.24, 2.45) is 5.73 Å². The third-order valence-electron chi connectivity index (χ3n) is 2.87. The average molecular weight is 291 g/mol. The number of ether oxygens (including phenoxy) is 1. The number of halogens is 1. The molecule has 0 saturated carbocycles. The van der Waals surface area contributed by atoms with Crippen molar-refractivity contribution in [1.29, 1.82) is 0 Å². The van der Waals surface area contributed by atoms with Gasteiger partial charge >= 0.3 is 0 Å². The third kappa shape index (κ3) is 2.52. The number of nitrogens with two attached hydrogens (primary N) is 1. The molecule has 3 aromatic rings. The van der Waals surface area contributed by atoms with Gasteiger partial charge in [0.05, 0.1) is 5.69 Å². The standard InChI is InChI=1S/C14H14FN3OS/c1-9(16)8-12-13(17-14-18(12)6-7-20-14)19-11-4-2-10(15)3-5-11/h2-7,9H,8,16H2,1H3. The molecule has 20 heavy (non-hydrogen) atoms. The maximum absolute atomic E-state index is 12.9. The Balaban J connectivity index is 1.97. The first-order chi connectivity index (χ1) is 9.63. The quantitative estimate of drug-likeness (QED) is 0.803. The van der Waals surface area contributed by atoms with E-state index in [0.29, 0.717) is 18.1 Å². The normalized spacial score (nSPS) is 12.8. The third-order valence-corrected chi connectivity index (χ3v) is 3.62. The van der Waals surface area contributed by atoms with Crippen molar-refractivity contribution in [3.63, 3.8) is 0 Å². The molecule has 0 radical (unpaired) electrons. The molecule has 0 aliphatic heterocycles. The number of thiazole rings is 1. The highest BCUT2D eigenvalue weighted by molar-refractivity contribution is 7.15. The summed E-state index contributed by atoms with van der Waals surface area (Å²) in [5, 5.41) is 1.97. The molecule has 0 aliphatic rings. The molecule has 2 heterocycles. The second-order valence-corrected chi connectivity index (χ2v) is 5.53. The van der Waals surface area contributed by atoms with Gasteiger partial charge in [-0.3, -0.25) is 4.40 Å². The fourth-order valence-electron chi connectivity index (χ4n) is 2.00. The van der Waals surface area contributed by atoms with Crippen LogP contribution >= 0.6 is 11.3 Å². The monoisotopic (exact) mass is 291 g/mol. The van der Waals surface area contributed by atoms with E-state index < -0.39 is 0 Å². The van der Waals surface area contributed by atoms with Crippen LogP contribution in [0.25, 0.3) is 4.96 Å². The largest absolute Gasteiger partial charge is 0.437 e. The second-order valence-electron chi connectivity index (χ2n) is 4.66. The van der Waals surface area contributed by atoms with Crippen molar-refractivity contribution < 1.29 is 9.13 Å². The molecule has 6 heteroatoms. The topological polar surface area (TPSA) is 52.5 Å². The van der Waals surface area contributed by atoms with Crippen molar-refractivity contribution in [2.45, 2.75) is 19.4 Å². The molecular weight excluding hydrogens is 277 g/mol. The zero-order valence-electron chi connectivity index (χ0n) is 10.9. The summed E-state index contributed by atoms with van der Waals surface area (Å²) in [6, 6.07) is 5.89. The van der Waals surface area contributed by atoms with Crippen molar-refractivity contribution in [3.8, 4) is 11.6 Å². The summed E-state index contributed by atoms with van der Waals surface area (Å²) in [6.07, 6.45) is 2.61. The van der Waals surface area contributed by atoms with E-state index in [1.54, 1.807) is 12.1 Å². The van der Waals surface area contributed by atoms with E-state index in [2.05, 4.69) is 4.98 Å². The van der Waals surface area contributed by atoms with Crippen LogP contribution < -0.4 is 10.5 Å². The summed E-state index contributed by atoms with van der Waals surface area (Å²) in [5.41, 5.74) is 6.81. The van der Waals surface area contributed by atoms with Gasteiger partial charge in [-0.15, -0.1) is 11.3 Å². The molecular formula is C14H14FN3OS. The number of fused-ring (bicyclic) bond motifs is 1. The maximum atomic E-state index is 12.9. The number of nitrogens with zero attached hydrogens (tertiary/aromatic N) is 2. The summed E-state index contributed by atoms with van der Waals surface area (Å²) in [7, 11) is 0. The molecule has 1 unspecified atom stereocenters. The van der Waals surface area contributed by atoms with Crippen LogP contribution in [0.4, 0.5) is 4.39 Å². The zero-order chi connectivity index (χ0) is 14.1. The smallest absolute Gasteiger partial charge is 0.242 e. The summed E-state index contributed by atoms with van der Waals surface area (Å²) >= 11 is 1.53. The Labute approximate surface area is 119 Å². The van der Waals surface area contributed by atoms with Crippen molar-refractivity contribution >= 4 is 16.3 Å². The van der Waals surface area contributed by atoms with Crippen LogP contribution in [0.3, 0.4) is 0 Å². The van der Waals surface area contributed by atoms with Gasteiger partial charge in [0.2, 0.25) is 5.88 Å². The molecule has 0 saturated heterocycles. The lowest BCUT2D eigenvalue weighted by atomic mass is 10.2. The molecule has 2 aromatic heterocycles. The predicted molar refractivity (Wildman–Crippen MR) is 76.9 cm³/mol. The summed E-state index contributed by atoms with van der Waals surface area (Å²) < 4.78 is 20.6. The number of benzene rings is 1. The number of imidazole rings is 1. The highest BCUT2D eigenvalue weighted by Crippen LogP contribution is 2.28. The maximum Gasteiger partial charge on any atom is 0.242 e. The highest BCUT2D eigenvalue weighted by atomic mass is 32.1. The van der Waals surface area contributed by atoms with Gasteiger partial charge in [0.1, 0.15) is 11.6 Å². The molecule has 1 atom stereocenters. The van der Waals surface area contributed by atoms with Crippen LogP contribution in [-0.4, -0.2) is 15.4 Å². The molecule has 3 rings (SSSR count). The molecule has 0 bridgehead atoms. The lowest BCUT2D eigenvalue weighted by Gasteiger charge is -2.08. The van der Waals surface area contributed by atoms with Gasteiger partial charge in [-0.1, -0.05) is 0 Å². The van der Waals surface area contributed by atoms with E-state index >= 15 is 0 Å². The fraction of sp³-hybridized carbons (Fsp3) is 0.214. The SMILES string of the molecule is CC(N)Cc1c(Oc2ccc(F)cc2)nc2sccn12. The Morgan fingerprint density at radius 3 is 2.85 bits per heavy atom. The average Bonchev–Trinajstić information content (AvgIpc) is 2.96. The second kappa shape index (κ2) is 5.22. The van der Waals surface area contributed by atoms with Gasteiger partial charge < -0.3 is 10.5 Å². The molecule has 104 valence electrons. The van der Waals surface area contributed by atoms with Gasteiger partial charge in [-0.25, -0.2) is 4.39 Å². The molecule has 4 nitrogen and oxygen atoms in total. The first-order valence-electron chi connectivity index (χ1n) is 6.27.